The lowest BCUT2D eigenvalue weighted by Gasteiger charge is -2.22. The first-order chi connectivity index (χ1) is 29.2. The standard InChI is InChI=1S/C56H70O4/c1-7-9-11-13-15-17-19-21-23-25-51(57)59-55-45-33-29-39(3)35-47(45)53(43-31-27-41(5)37-49(43)55)54-44-32-28-42(6)38-50(44)56(46-34-30-40(4)36-48(46)54)60-52(58)26-24-22-20-18-16-14-12-10-8-2/h27-38H,7-26H2,1-6H3. The van der Waals surface area contributed by atoms with Crippen LogP contribution in [-0.2, 0) is 9.59 Å². The second kappa shape index (κ2) is 22.2. The smallest absolute Gasteiger partial charge is 0.311 e. The van der Waals surface area contributed by atoms with Crippen LogP contribution in [0.5, 0.6) is 11.5 Å². The van der Waals surface area contributed by atoms with Crippen LogP contribution in [0.4, 0.5) is 0 Å². The molecule has 0 spiro atoms. The Morgan fingerprint density at radius 2 is 0.633 bits per heavy atom. The van der Waals surface area contributed by atoms with Crippen molar-refractivity contribution in [2.75, 3.05) is 0 Å². The van der Waals surface area contributed by atoms with Crippen LogP contribution in [0, 0.1) is 27.7 Å². The fourth-order valence-corrected chi connectivity index (χ4v) is 9.08. The Kier molecular flexibility index (Phi) is 16.6. The van der Waals surface area contributed by atoms with E-state index in [2.05, 4.69) is 114 Å². The Morgan fingerprint density at radius 3 is 0.967 bits per heavy atom. The summed E-state index contributed by atoms with van der Waals surface area (Å²) in [6.07, 6.45) is 22.4. The van der Waals surface area contributed by atoms with Crippen molar-refractivity contribution in [3.05, 3.63) is 95.1 Å². The average molecular weight is 807 g/mol. The van der Waals surface area contributed by atoms with Gasteiger partial charge in [-0.2, -0.15) is 0 Å². The summed E-state index contributed by atoms with van der Waals surface area (Å²) in [7, 11) is 0. The number of hydrogen-bond donors (Lipinski definition) is 0. The topological polar surface area (TPSA) is 52.6 Å². The molecule has 0 amide bonds. The zero-order chi connectivity index (χ0) is 42.4. The van der Waals surface area contributed by atoms with E-state index < -0.39 is 0 Å². The number of fused-ring (bicyclic) bond motifs is 4. The number of unbranched alkanes of at least 4 members (excludes halogenated alkanes) is 16. The molecule has 4 nitrogen and oxygen atoms in total. The lowest BCUT2D eigenvalue weighted by atomic mass is 9.84. The minimum absolute atomic E-state index is 0.175. The molecule has 6 aromatic rings. The Labute approximate surface area is 360 Å². The number of benzene rings is 6. The van der Waals surface area contributed by atoms with Crippen molar-refractivity contribution in [3.8, 4) is 22.6 Å². The van der Waals surface area contributed by atoms with Gasteiger partial charge in [0.05, 0.1) is 0 Å². The summed E-state index contributed by atoms with van der Waals surface area (Å²) in [5.41, 5.74) is 6.66. The van der Waals surface area contributed by atoms with Crippen LogP contribution in [0.2, 0.25) is 0 Å². The maximum atomic E-state index is 13.7. The minimum atomic E-state index is -0.175. The minimum Gasteiger partial charge on any atom is -0.425 e. The van der Waals surface area contributed by atoms with E-state index >= 15 is 0 Å². The lowest BCUT2D eigenvalue weighted by molar-refractivity contribution is -0.135. The molecule has 318 valence electrons. The molecule has 0 saturated heterocycles. The molecule has 0 heterocycles. The van der Waals surface area contributed by atoms with Crippen LogP contribution in [0.25, 0.3) is 54.2 Å². The number of carbonyl (C=O) groups excluding carboxylic acids is 2. The van der Waals surface area contributed by atoms with Gasteiger partial charge in [-0.25, -0.2) is 0 Å². The van der Waals surface area contributed by atoms with E-state index in [0.29, 0.717) is 24.3 Å². The molecule has 0 bridgehead atoms. The summed E-state index contributed by atoms with van der Waals surface area (Å²) in [6.45, 7) is 13.0. The zero-order valence-electron chi connectivity index (χ0n) is 37.7. The van der Waals surface area contributed by atoms with E-state index in [1.54, 1.807) is 0 Å². The Balaban J connectivity index is 1.37. The monoisotopic (exact) mass is 807 g/mol. The molecule has 6 rings (SSSR count). The molecule has 0 unspecified atom stereocenters. The molecule has 6 aromatic carbocycles. The van der Waals surface area contributed by atoms with Gasteiger partial charge in [-0.15, -0.1) is 0 Å². The summed E-state index contributed by atoms with van der Waals surface area (Å²) in [5, 5.41) is 7.85. The Hall–Kier alpha value is -4.70. The van der Waals surface area contributed by atoms with Crippen LogP contribution < -0.4 is 9.47 Å². The molecule has 0 radical (unpaired) electrons. The first-order valence-electron chi connectivity index (χ1n) is 23.5. The second-order valence-electron chi connectivity index (χ2n) is 17.7. The normalized spacial score (nSPS) is 11.6. The first kappa shape index (κ1) is 44.8. The van der Waals surface area contributed by atoms with Crippen molar-refractivity contribution in [2.24, 2.45) is 0 Å². The molecule has 0 N–H and O–H groups in total. The van der Waals surface area contributed by atoms with E-state index in [1.165, 1.54) is 77.0 Å². The van der Waals surface area contributed by atoms with Gasteiger partial charge < -0.3 is 9.47 Å². The maximum Gasteiger partial charge on any atom is 0.311 e. The van der Waals surface area contributed by atoms with Crippen molar-refractivity contribution in [1.82, 2.24) is 0 Å². The van der Waals surface area contributed by atoms with Crippen LogP contribution >= 0.6 is 0 Å². The van der Waals surface area contributed by atoms with Gasteiger partial charge in [0.15, 0.2) is 0 Å². The number of aryl methyl sites for hydroxylation is 4. The lowest BCUT2D eigenvalue weighted by Crippen LogP contribution is -2.09. The highest BCUT2D eigenvalue weighted by Gasteiger charge is 2.25. The quantitative estimate of drug-likeness (QED) is 0.0280. The summed E-state index contributed by atoms with van der Waals surface area (Å²) in [4.78, 5) is 27.3. The molecule has 0 aromatic heterocycles. The third-order valence-corrected chi connectivity index (χ3v) is 12.4. The Bertz CT molecular complexity index is 2230. The number of hydrogen-bond acceptors (Lipinski definition) is 4. The van der Waals surface area contributed by atoms with E-state index in [-0.39, 0.29) is 11.9 Å². The van der Waals surface area contributed by atoms with Crippen LogP contribution in [-0.4, -0.2) is 11.9 Å². The summed E-state index contributed by atoms with van der Waals surface area (Å²) < 4.78 is 12.9. The second-order valence-corrected chi connectivity index (χ2v) is 17.7. The van der Waals surface area contributed by atoms with Crippen LogP contribution in [0.15, 0.2) is 72.8 Å². The van der Waals surface area contributed by atoms with Gasteiger partial charge >= 0.3 is 11.9 Å². The van der Waals surface area contributed by atoms with E-state index in [4.69, 9.17) is 9.47 Å². The van der Waals surface area contributed by atoms with Gasteiger partial charge in [-0.05, 0) is 85.3 Å². The molecular formula is C56H70O4. The molecule has 0 saturated carbocycles. The molecule has 0 atom stereocenters. The zero-order valence-corrected chi connectivity index (χ0v) is 37.7. The molecule has 0 aliphatic heterocycles. The predicted octanol–water partition coefficient (Wildman–Crippen LogP) is 16.9. The van der Waals surface area contributed by atoms with Gasteiger partial charge in [0, 0.05) is 34.4 Å². The van der Waals surface area contributed by atoms with Gasteiger partial charge in [0.25, 0.3) is 0 Å². The fraction of sp³-hybridized carbons (Fsp3) is 0.464. The van der Waals surface area contributed by atoms with Gasteiger partial charge in [0.2, 0.25) is 0 Å². The third-order valence-electron chi connectivity index (χ3n) is 12.4. The van der Waals surface area contributed by atoms with Crippen molar-refractivity contribution >= 4 is 55.0 Å². The van der Waals surface area contributed by atoms with Gasteiger partial charge in [-0.3, -0.25) is 9.59 Å². The molecule has 0 aliphatic carbocycles. The molecule has 0 aliphatic rings. The number of esters is 2. The summed E-state index contributed by atoms with van der Waals surface area (Å²) >= 11 is 0. The van der Waals surface area contributed by atoms with E-state index in [0.717, 1.165) is 115 Å². The van der Waals surface area contributed by atoms with E-state index in [9.17, 15) is 9.59 Å². The SMILES string of the molecule is CCCCCCCCCCCC(=O)Oc1c2cc(C)ccc2c(-c2c3ccc(C)cc3c(OC(=O)CCCCCCCCCCC)c3ccc(C)cc23)c2cc(C)ccc12. The molecular weight excluding hydrogens is 737 g/mol. The van der Waals surface area contributed by atoms with E-state index in [1.807, 2.05) is 0 Å². The first-order valence-corrected chi connectivity index (χ1v) is 23.5. The largest absolute Gasteiger partial charge is 0.425 e. The number of ether oxygens (including phenoxy) is 2. The third kappa shape index (κ3) is 11.4. The molecule has 60 heavy (non-hydrogen) atoms. The van der Waals surface area contributed by atoms with Gasteiger partial charge in [-0.1, -0.05) is 199 Å². The highest BCUT2D eigenvalue weighted by molar-refractivity contribution is 6.27. The summed E-state index contributed by atoms with van der Waals surface area (Å²) in [6, 6.07) is 26.0. The van der Waals surface area contributed by atoms with Crippen molar-refractivity contribution in [2.45, 2.75) is 170 Å². The van der Waals surface area contributed by atoms with Crippen molar-refractivity contribution in [3.63, 3.8) is 0 Å². The predicted molar refractivity (Wildman–Crippen MR) is 256 cm³/mol. The number of carbonyl (C=O) groups is 2. The van der Waals surface area contributed by atoms with Crippen molar-refractivity contribution < 1.29 is 19.1 Å². The highest BCUT2D eigenvalue weighted by Crippen LogP contribution is 2.50. The summed E-state index contributed by atoms with van der Waals surface area (Å²) in [5.74, 6) is 0.920. The van der Waals surface area contributed by atoms with Crippen LogP contribution in [0.3, 0.4) is 0 Å². The van der Waals surface area contributed by atoms with Crippen LogP contribution in [0.1, 0.15) is 165 Å². The fourth-order valence-electron chi connectivity index (χ4n) is 9.08. The highest BCUT2D eigenvalue weighted by atomic mass is 16.5. The number of rotatable bonds is 23. The van der Waals surface area contributed by atoms with Crippen molar-refractivity contribution in [1.29, 1.82) is 0 Å². The average Bonchev–Trinajstić information content (AvgIpc) is 3.23. The Morgan fingerprint density at radius 1 is 0.350 bits per heavy atom. The molecule has 4 heteroatoms. The maximum absolute atomic E-state index is 13.7. The molecule has 0 fully saturated rings. The van der Waals surface area contributed by atoms with Gasteiger partial charge in [0.1, 0.15) is 11.5 Å².